The second kappa shape index (κ2) is 6.93. The van der Waals surface area contributed by atoms with Crippen molar-refractivity contribution >= 4 is 5.91 Å². The van der Waals surface area contributed by atoms with E-state index in [9.17, 15) is 4.79 Å². The highest BCUT2D eigenvalue weighted by molar-refractivity contribution is 5.76. The van der Waals surface area contributed by atoms with Gasteiger partial charge in [-0.25, -0.2) is 0 Å². The molecule has 0 aromatic carbocycles. The number of amides is 1. The predicted molar refractivity (Wildman–Crippen MR) is 63.9 cm³/mol. The molecule has 2 heterocycles. The molecule has 5 nitrogen and oxygen atoms in total. The van der Waals surface area contributed by atoms with Crippen molar-refractivity contribution in [3.63, 3.8) is 0 Å². The Morgan fingerprint density at radius 2 is 2.00 bits per heavy atom. The molecule has 0 unspecified atom stereocenters. The number of carbonyl (C=O) groups excluding carboxylic acids is 1. The Bertz CT molecular complexity index is 236. The molecule has 5 heteroatoms. The molecule has 2 saturated heterocycles. The molecule has 0 spiro atoms. The van der Waals surface area contributed by atoms with Crippen LogP contribution < -0.4 is 5.32 Å². The number of morpholine rings is 1. The van der Waals surface area contributed by atoms with Gasteiger partial charge in [-0.3, -0.25) is 4.79 Å². The van der Waals surface area contributed by atoms with Crippen molar-refractivity contribution in [2.45, 2.75) is 25.4 Å². The molecule has 0 aromatic rings. The zero-order valence-corrected chi connectivity index (χ0v) is 10.3. The lowest BCUT2D eigenvalue weighted by Gasteiger charge is -2.27. The van der Waals surface area contributed by atoms with Crippen LogP contribution in [0.4, 0.5) is 0 Å². The molecule has 0 aromatic heterocycles. The molecule has 98 valence electrons. The van der Waals surface area contributed by atoms with Crippen LogP contribution >= 0.6 is 0 Å². The monoisotopic (exact) mass is 242 g/mol. The van der Waals surface area contributed by atoms with E-state index in [0.717, 1.165) is 39.0 Å². The van der Waals surface area contributed by atoms with Gasteiger partial charge in [0.2, 0.25) is 5.91 Å². The van der Waals surface area contributed by atoms with Crippen LogP contribution in [0, 0.1) is 0 Å². The maximum atomic E-state index is 11.8. The predicted octanol–water partition coefficient (Wildman–Crippen LogP) is 0.00390. The van der Waals surface area contributed by atoms with Gasteiger partial charge < -0.3 is 19.7 Å². The second-order valence-corrected chi connectivity index (χ2v) is 4.56. The van der Waals surface area contributed by atoms with Crippen LogP contribution in [0.25, 0.3) is 0 Å². The number of nitrogens with one attached hydrogen (secondary N) is 1. The fourth-order valence-corrected chi connectivity index (χ4v) is 2.25. The van der Waals surface area contributed by atoms with E-state index < -0.39 is 0 Å². The van der Waals surface area contributed by atoms with E-state index >= 15 is 0 Å². The molecule has 0 saturated carbocycles. The van der Waals surface area contributed by atoms with Crippen molar-refractivity contribution < 1.29 is 14.3 Å². The largest absolute Gasteiger partial charge is 0.378 e. The van der Waals surface area contributed by atoms with Crippen molar-refractivity contribution in [2.24, 2.45) is 0 Å². The van der Waals surface area contributed by atoms with Crippen molar-refractivity contribution in [2.75, 3.05) is 46.0 Å². The van der Waals surface area contributed by atoms with Crippen molar-refractivity contribution in [3.8, 4) is 0 Å². The van der Waals surface area contributed by atoms with E-state index in [4.69, 9.17) is 9.47 Å². The van der Waals surface area contributed by atoms with E-state index in [1.807, 2.05) is 4.90 Å². The smallest absolute Gasteiger partial charge is 0.225 e. The van der Waals surface area contributed by atoms with Gasteiger partial charge in [-0.1, -0.05) is 0 Å². The average Bonchev–Trinajstić information content (AvgIpc) is 2.41. The first-order chi connectivity index (χ1) is 8.36. The van der Waals surface area contributed by atoms with Crippen LogP contribution in [0.15, 0.2) is 0 Å². The summed E-state index contributed by atoms with van der Waals surface area (Å²) < 4.78 is 10.9. The van der Waals surface area contributed by atoms with Crippen LogP contribution in [0.1, 0.15) is 19.3 Å². The Balaban J connectivity index is 1.58. The molecule has 1 amide bonds. The third kappa shape index (κ3) is 4.26. The minimum absolute atomic E-state index is 0.197. The second-order valence-electron chi connectivity index (χ2n) is 4.56. The number of piperidine rings is 1. The molecule has 0 aliphatic carbocycles. The van der Waals surface area contributed by atoms with Gasteiger partial charge in [0.1, 0.15) is 0 Å². The van der Waals surface area contributed by atoms with E-state index in [-0.39, 0.29) is 5.91 Å². The summed E-state index contributed by atoms with van der Waals surface area (Å²) in [5.74, 6) is 0.197. The zero-order valence-electron chi connectivity index (χ0n) is 10.3. The number of carbonyl (C=O) groups is 1. The van der Waals surface area contributed by atoms with Gasteiger partial charge in [0.25, 0.3) is 0 Å². The van der Waals surface area contributed by atoms with Crippen LogP contribution in [-0.4, -0.2) is 62.9 Å². The van der Waals surface area contributed by atoms with Gasteiger partial charge in [0, 0.05) is 13.1 Å². The Morgan fingerprint density at radius 1 is 1.29 bits per heavy atom. The standard InChI is InChI=1S/C12H22N2O3/c15-12(14-6-9-16-10-7-14)3-8-17-11-1-4-13-5-2-11/h11,13H,1-10H2. The summed E-state index contributed by atoms with van der Waals surface area (Å²) in [6.45, 7) is 5.41. The van der Waals surface area contributed by atoms with E-state index in [1.165, 1.54) is 0 Å². The molecule has 2 aliphatic heterocycles. The molecule has 1 N–H and O–H groups in total. The number of nitrogens with zero attached hydrogens (tertiary/aromatic N) is 1. The van der Waals surface area contributed by atoms with Crippen molar-refractivity contribution in [3.05, 3.63) is 0 Å². The first-order valence-corrected chi connectivity index (χ1v) is 6.54. The highest BCUT2D eigenvalue weighted by atomic mass is 16.5. The third-order valence-electron chi connectivity index (χ3n) is 3.32. The van der Waals surface area contributed by atoms with Gasteiger partial charge in [-0.15, -0.1) is 0 Å². The molecule has 0 radical (unpaired) electrons. The van der Waals surface area contributed by atoms with Crippen molar-refractivity contribution in [1.82, 2.24) is 10.2 Å². The number of hydrogen-bond donors (Lipinski definition) is 1. The molecule has 0 atom stereocenters. The summed E-state index contributed by atoms with van der Waals surface area (Å²) in [5, 5.41) is 3.30. The lowest BCUT2D eigenvalue weighted by Crippen LogP contribution is -2.41. The van der Waals surface area contributed by atoms with Gasteiger partial charge in [-0.2, -0.15) is 0 Å². The maximum Gasteiger partial charge on any atom is 0.225 e. The first-order valence-electron chi connectivity index (χ1n) is 6.54. The minimum Gasteiger partial charge on any atom is -0.378 e. The number of ether oxygens (including phenoxy) is 2. The SMILES string of the molecule is O=C(CCOC1CCNCC1)N1CCOCC1. The van der Waals surface area contributed by atoms with E-state index in [1.54, 1.807) is 0 Å². The molecule has 17 heavy (non-hydrogen) atoms. The quantitative estimate of drug-likeness (QED) is 0.754. The summed E-state index contributed by atoms with van der Waals surface area (Å²) in [5.41, 5.74) is 0. The normalized spacial score (nSPS) is 22.7. The third-order valence-corrected chi connectivity index (χ3v) is 3.32. The molecule has 0 bridgehead atoms. The minimum atomic E-state index is 0.197. The summed E-state index contributed by atoms with van der Waals surface area (Å²) >= 11 is 0. The molecular weight excluding hydrogens is 220 g/mol. The molecular formula is C12H22N2O3. The van der Waals surface area contributed by atoms with Crippen molar-refractivity contribution in [1.29, 1.82) is 0 Å². The lowest BCUT2D eigenvalue weighted by atomic mass is 10.1. The van der Waals surface area contributed by atoms with E-state index in [0.29, 0.717) is 32.3 Å². The van der Waals surface area contributed by atoms with Crippen LogP contribution in [-0.2, 0) is 14.3 Å². The Kier molecular flexibility index (Phi) is 5.22. The lowest BCUT2D eigenvalue weighted by molar-refractivity contribution is -0.136. The highest BCUT2D eigenvalue weighted by Gasteiger charge is 2.18. The number of rotatable bonds is 4. The number of hydrogen-bond acceptors (Lipinski definition) is 4. The van der Waals surface area contributed by atoms with Gasteiger partial charge in [0.15, 0.2) is 0 Å². The summed E-state index contributed by atoms with van der Waals surface area (Å²) in [6, 6.07) is 0. The fraction of sp³-hybridized carbons (Fsp3) is 0.917. The topological polar surface area (TPSA) is 50.8 Å². The Morgan fingerprint density at radius 3 is 2.71 bits per heavy atom. The van der Waals surface area contributed by atoms with Gasteiger partial charge in [0.05, 0.1) is 32.3 Å². The maximum absolute atomic E-state index is 11.8. The summed E-state index contributed by atoms with van der Waals surface area (Å²) in [6.07, 6.45) is 2.97. The fourth-order valence-electron chi connectivity index (χ4n) is 2.25. The zero-order chi connectivity index (χ0) is 11.9. The molecule has 2 fully saturated rings. The van der Waals surface area contributed by atoms with Crippen LogP contribution in [0.2, 0.25) is 0 Å². The van der Waals surface area contributed by atoms with E-state index in [2.05, 4.69) is 5.32 Å². The van der Waals surface area contributed by atoms with Gasteiger partial charge >= 0.3 is 0 Å². The summed E-state index contributed by atoms with van der Waals surface area (Å²) in [7, 11) is 0. The summed E-state index contributed by atoms with van der Waals surface area (Å²) in [4.78, 5) is 13.7. The van der Waals surface area contributed by atoms with Crippen LogP contribution in [0.5, 0.6) is 0 Å². The first kappa shape index (κ1) is 12.8. The Labute approximate surface area is 102 Å². The Hall–Kier alpha value is -0.650. The van der Waals surface area contributed by atoms with Crippen LogP contribution in [0.3, 0.4) is 0 Å². The average molecular weight is 242 g/mol. The highest BCUT2D eigenvalue weighted by Crippen LogP contribution is 2.08. The van der Waals surface area contributed by atoms with Gasteiger partial charge in [-0.05, 0) is 25.9 Å². The molecule has 2 aliphatic rings. The molecule has 2 rings (SSSR count).